The molecule has 0 fully saturated rings. The molecule has 3 aromatic rings. The molecule has 1 aromatic heterocycles. The number of aliphatic imine (C=N–C) groups is 1. The predicted octanol–water partition coefficient (Wildman–Crippen LogP) is 3.83. The minimum atomic E-state index is -0.336. The summed E-state index contributed by atoms with van der Waals surface area (Å²) in [7, 11) is 1.77. The zero-order valence-corrected chi connectivity index (χ0v) is 19.1. The van der Waals surface area contributed by atoms with Crippen LogP contribution in [0.1, 0.15) is 11.3 Å². The number of rotatable bonds is 5. The molecule has 1 aliphatic rings. The summed E-state index contributed by atoms with van der Waals surface area (Å²) in [6.07, 6.45) is 1.78. The van der Waals surface area contributed by atoms with Gasteiger partial charge in [0, 0.05) is 7.05 Å². The fourth-order valence-corrected chi connectivity index (χ4v) is 4.97. The molecule has 2 heterocycles. The van der Waals surface area contributed by atoms with Crippen LogP contribution in [0.3, 0.4) is 0 Å². The summed E-state index contributed by atoms with van der Waals surface area (Å²) in [5.41, 5.74) is 2.21. The Kier molecular flexibility index (Phi) is 6.48. The molecule has 2 amide bonds. The van der Waals surface area contributed by atoms with Crippen molar-refractivity contribution in [3.05, 3.63) is 87.2 Å². The molecule has 0 unspecified atom stereocenters. The van der Waals surface area contributed by atoms with Gasteiger partial charge in [0.05, 0.1) is 22.0 Å². The fraction of sp³-hybridized carbons (Fsp3) is 0.130. The van der Waals surface area contributed by atoms with Gasteiger partial charge in [-0.1, -0.05) is 72.1 Å². The third-order valence-corrected chi connectivity index (χ3v) is 6.97. The van der Waals surface area contributed by atoms with Gasteiger partial charge in [0.15, 0.2) is 0 Å². The lowest BCUT2D eigenvalue weighted by Gasteiger charge is -2.07. The van der Waals surface area contributed by atoms with Gasteiger partial charge in [-0.15, -0.1) is 0 Å². The number of hydrogen-bond donors (Lipinski definition) is 1. The van der Waals surface area contributed by atoms with Crippen LogP contribution in [0.15, 0.2) is 75.4 Å². The summed E-state index contributed by atoms with van der Waals surface area (Å²) in [6.45, 7) is 1.78. The van der Waals surface area contributed by atoms with Crippen LogP contribution in [-0.4, -0.2) is 31.3 Å². The maximum Gasteiger partial charge on any atom is 0.295 e. The van der Waals surface area contributed by atoms with E-state index in [0.717, 1.165) is 5.56 Å². The van der Waals surface area contributed by atoms with Gasteiger partial charge in [-0.3, -0.25) is 19.1 Å². The summed E-state index contributed by atoms with van der Waals surface area (Å²) in [5, 5.41) is 2.72. The van der Waals surface area contributed by atoms with Gasteiger partial charge in [-0.25, -0.2) is 4.68 Å². The topological polar surface area (TPSA) is 85.5 Å². The third kappa shape index (κ3) is 4.63. The molecule has 0 saturated heterocycles. The Bertz CT molecular complexity index is 1290. The Morgan fingerprint density at radius 3 is 2.44 bits per heavy atom. The van der Waals surface area contributed by atoms with Crippen molar-refractivity contribution in [3.8, 4) is 5.69 Å². The Morgan fingerprint density at radius 2 is 1.75 bits per heavy atom. The molecule has 0 atom stereocenters. The Hall–Kier alpha value is -3.30. The van der Waals surface area contributed by atoms with E-state index in [-0.39, 0.29) is 28.8 Å². The molecule has 0 bridgehead atoms. The highest BCUT2D eigenvalue weighted by Gasteiger charge is 2.24. The van der Waals surface area contributed by atoms with Crippen molar-refractivity contribution in [3.63, 3.8) is 0 Å². The van der Waals surface area contributed by atoms with Crippen LogP contribution in [-0.2, 0) is 16.6 Å². The van der Waals surface area contributed by atoms with Crippen molar-refractivity contribution in [2.75, 3.05) is 11.1 Å². The summed E-state index contributed by atoms with van der Waals surface area (Å²) in [4.78, 5) is 42.1. The first-order valence-electron chi connectivity index (χ1n) is 9.78. The number of carbonyl (C=O) groups is 2. The van der Waals surface area contributed by atoms with Gasteiger partial charge in [-0.05, 0) is 30.7 Å². The highest BCUT2D eigenvalue weighted by atomic mass is 32.2. The van der Waals surface area contributed by atoms with Gasteiger partial charge in [0.1, 0.15) is 10.1 Å². The number of anilines is 1. The van der Waals surface area contributed by atoms with Gasteiger partial charge in [-0.2, -0.15) is 4.99 Å². The smallest absolute Gasteiger partial charge is 0.295 e. The van der Waals surface area contributed by atoms with E-state index in [9.17, 15) is 14.4 Å². The number of carbonyl (C=O) groups excluding carboxylic acids is 2. The van der Waals surface area contributed by atoms with Crippen molar-refractivity contribution in [1.82, 2.24) is 9.36 Å². The number of amides is 2. The van der Waals surface area contributed by atoms with Crippen molar-refractivity contribution < 1.29 is 9.59 Å². The summed E-state index contributed by atoms with van der Waals surface area (Å²) in [5.74, 6) is -0.611. The van der Waals surface area contributed by atoms with Crippen molar-refractivity contribution in [2.45, 2.75) is 6.92 Å². The van der Waals surface area contributed by atoms with E-state index in [1.807, 2.05) is 60.7 Å². The first-order chi connectivity index (χ1) is 15.4. The lowest BCUT2D eigenvalue weighted by atomic mass is 10.2. The molecule has 7 nitrogen and oxygen atoms in total. The second-order valence-corrected chi connectivity index (χ2v) is 9.23. The van der Waals surface area contributed by atoms with Gasteiger partial charge in [0.25, 0.3) is 11.5 Å². The molecule has 1 N–H and O–H groups in total. The molecule has 0 saturated carbocycles. The average molecular weight is 465 g/mol. The highest BCUT2D eigenvalue weighted by molar-refractivity contribution is 8.41. The van der Waals surface area contributed by atoms with E-state index >= 15 is 0 Å². The largest absolute Gasteiger partial charge is 0.319 e. The highest BCUT2D eigenvalue weighted by Crippen LogP contribution is 2.33. The molecule has 2 aromatic carbocycles. The van der Waals surface area contributed by atoms with Crippen LogP contribution in [0, 0.1) is 6.92 Å². The summed E-state index contributed by atoms with van der Waals surface area (Å²) in [6, 6.07) is 18.7. The fourth-order valence-electron chi connectivity index (χ4n) is 3.17. The van der Waals surface area contributed by atoms with Gasteiger partial charge < -0.3 is 5.32 Å². The number of benzene rings is 2. The molecule has 0 spiro atoms. The maximum absolute atomic E-state index is 12.9. The van der Waals surface area contributed by atoms with Crippen LogP contribution >= 0.6 is 23.5 Å². The Morgan fingerprint density at radius 1 is 1.09 bits per heavy atom. The summed E-state index contributed by atoms with van der Waals surface area (Å²) >= 11 is 2.42. The Labute approximate surface area is 193 Å². The monoisotopic (exact) mass is 464 g/mol. The number of nitrogens with one attached hydrogen (secondary N) is 1. The average Bonchev–Trinajstić information content (AvgIpc) is 3.25. The second kappa shape index (κ2) is 9.46. The molecule has 4 rings (SSSR count). The SMILES string of the molecule is Cc1c(NC(=O)CSC2=NC(=O)/C(=C\c3ccccc3)S2)c(=O)n(-c2ccccc2)n1C. The first kappa shape index (κ1) is 21.9. The Balaban J connectivity index is 1.41. The van der Waals surface area contributed by atoms with E-state index < -0.39 is 0 Å². The normalized spacial score (nSPS) is 14.6. The van der Waals surface area contributed by atoms with E-state index in [1.165, 1.54) is 28.2 Å². The molecule has 9 heteroatoms. The molecule has 1 aliphatic heterocycles. The van der Waals surface area contributed by atoms with Crippen LogP contribution in [0.2, 0.25) is 0 Å². The molecule has 32 heavy (non-hydrogen) atoms. The second-order valence-electron chi connectivity index (χ2n) is 6.98. The number of hydrogen-bond acceptors (Lipinski definition) is 5. The zero-order chi connectivity index (χ0) is 22.7. The van der Waals surface area contributed by atoms with Gasteiger partial charge in [0.2, 0.25) is 5.91 Å². The lowest BCUT2D eigenvalue weighted by molar-refractivity contribution is -0.114. The standard InChI is InChI=1S/C23H20N4O3S2/c1-15-20(22(30)27(26(15)2)17-11-7-4-8-12-17)24-19(28)14-31-23-25-21(29)18(32-23)13-16-9-5-3-6-10-16/h3-13H,14H2,1-2H3,(H,24,28)/b18-13+. The maximum atomic E-state index is 12.9. The molecule has 0 aliphatic carbocycles. The van der Waals surface area contributed by atoms with E-state index in [1.54, 1.807) is 24.7 Å². The van der Waals surface area contributed by atoms with Crippen LogP contribution in [0.25, 0.3) is 11.8 Å². The van der Waals surface area contributed by atoms with E-state index in [2.05, 4.69) is 10.3 Å². The van der Waals surface area contributed by atoms with Crippen molar-refractivity contribution >= 4 is 51.5 Å². The minimum absolute atomic E-state index is 0.0385. The first-order valence-corrected chi connectivity index (χ1v) is 11.6. The van der Waals surface area contributed by atoms with Crippen LogP contribution < -0.4 is 10.9 Å². The van der Waals surface area contributed by atoms with Crippen molar-refractivity contribution in [2.24, 2.45) is 12.0 Å². The molecular formula is C23H20N4O3S2. The summed E-state index contributed by atoms with van der Waals surface area (Å²) < 4.78 is 3.73. The zero-order valence-electron chi connectivity index (χ0n) is 17.4. The van der Waals surface area contributed by atoms with Crippen molar-refractivity contribution in [1.29, 1.82) is 0 Å². The third-order valence-electron chi connectivity index (χ3n) is 4.84. The molecular weight excluding hydrogens is 444 g/mol. The number of para-hydroxylation sites is 1. The molecule has 0 radical (unpaired) electrons. The van der Waals surface area contributed by atoms with Crippen LogP contribution in [0.4, 0.5) is 5.69 Å². The number of nitrogens with zero attached hydrogens (tertiary/aromatic N) is 3. The minimum Gasteiger partial charge on any atom is -0.319 e. The van der Waals surface area contributed by atoms with E-state index in [4.69, 9.17) is 0 Å². The number of thioether (sulfide) groups is 2. The van der Waals surface area contributed by atoms with Gasteiger partial charge >= 0.3 is 0 Å². The predicted molar refractivity (Wildman–Crippen MR) is 131 cm³/mol. The van der Waals surface area contributed by atoms with E-state index in [0.29, 0.717) is 20.7 Å². The molecule has 162 valence electrons. The van der Waals surface area contributed by atoms with Crippen LogP contribution in [0.5, 0.6) is 0 Å². The number of aromatic nitrogens is 2. The quantitative estimate of drug-likeness (QED) is 0.580. The lowest BCUT2D eigenvalue weighted by Crippen LogP contribution is -2.23.